The van der Waals surface area contributed by atoms with Gasteiger partial charge in [-0.25, -0.2) is 0 Å². The number of carbonyl (C=O) groups excluding carboxylic acids is 2. The molecule has 1 aromatic carbocycles. The topological polar surface area (TPSA) is 127 Å². The number of hydrogen-bond donors (Lipinski definition) is 2. The first-order valence-electron chi connectivity index (χ1n) is 13.0. The van der Waals surface area contributed by atoms with Crippen LogP contribution in [0.5, 0.6) is 0 Å². The zero-order valence-corrected chi connectivity index (χ0v) is 23.1. The van der Waals surface area contributed by atoms with Crippen LogP contribution < -0.4 is 4.90 Å². The molecule has 2 aromatic rings. The van der Waals surface area contributed by atoms with Crippen LogP contribution in [-0.2, 0) is 37.6 Å². The van der Waals surface area contributed by atoms with Gasteiger partial charge in [0.25, 0.3) is 5.91 Å². The van der Waals surface area contributed by atoms with Crippen molar-refractivity contribution < 1.29 is 29.0 Å². The zero-order valence-electron chi connectivity index (χ0n) is 22.1. The molecular weight excluding hydrogens is 492 g/mol. The van der Waals surface area contributed by atoms with Gasteiger partial charge in [0.1, 0.15) is 0 Å². The van der Waals surface area contributed by atoms with Gasteiger partial charge in [-0.15, -0.1) is 5.10 Å². The summed E-state index contributed by atoms with van der Waals surface area (Å²) in [6, 6.07) is 7.75. The van der Waals surface area contributed by atoms with E-state index in [1.54, 1.807) is 9.58 Å². The summed E-state index contributed by atoms with van der Waals surface area (Å²) in [5.74, 6) is -0.580. The average molecular weight is 531 g/mol. The molecule has 2 aliphatic rings. The minimum Gasteiger partial charge on any atom is -0.469 e. The van der Waals surface area contributed by atoms with Crippen molar-refractivity contribution in [2.24, 2.45) is 5.92 Å². The van der Waals surface area contributed by atoms with E-state index < -0.39 is 13.9 Å². The largest absolute Gasteiger partial charge is 0.469 e. The van der Waals surface area contributed by atoms with Crippen molar-refractivity contribution in [2.45, 2.75) is 75.9 Å². The molecule has 1 fully saturated rings. The van der Waals surface area contributed by atoms with Gasteiger partial charge in [-0.1, -0.05) is 30.3 Å². The quantitative estimate of drug-likeness (QED) is 0.258. The summed E-state index contributed by atoms with van der Waals surface area (Å²) in [5.41, 5.74) is 1.07. The predicted octanol–water partition coefficient (Wildman–Crippen LogP) is 2.39. The van der Waals surface area contributed by atoms with Crippen LogP contribution >= 0.6 is 0 Å². The molecule has 0 unspecified atom stereocenters. The third-order valence-corrected chi connectivity index (χ3v) is 10.2. The molecule has 4 atom stereocenters. The van der Waals surface area contributed by atoms with Gasteiger partial charge < -0.3 is 24.3 Å². The Kier molecular flexibility index (Phi) is 8.17. The number of aliphatic hydroxyl groups is 1. The highest BCUT2D eigenvalue weighted by atomic mass is 28.4. The highest BCUT2D eigenvalue weighted by Gasteiger charge is 2.65. The summed E-state index contributed by atoms with van der Waals surface area (Å²) in [6.07, 6.45) is 4.10. The van der Waals surface area contributed by atoms with E-state index in [4.69, 9.17) is 14.6 Å². The molecule has 1 saturated heterocycles. The minimum atomic E-state index is -2.74. The third kappa shape index (κ3) is 5.22. The molecule has 4 rings (SSSR count). The zero-order chi connectivity index (χ0) is 26.8. The van der Waals surface area contributed by atoms with E-state index in [1.807, 2.05) is 50.5 Å². The standard InChI is InChI=1S/C26H38N4O6Si/c1-18-24(37(3,4)34)22(12-15-29-17-19(13-16-31)27-28-29)36-26(18)20-9-5-6-10-21(20)30(25(26)33)14-8-7-11-23(32)35-2/h5-6,9-10,17-18,22,24,31,34H,7-8,11-16H2,1-4H3/t18-,22+,24-,26+/m1/s1. The fraction of sp³-hybridized carbons (Fsp3) is 0.615. The third-order valence-electron chi connectivity index (χ3n) is 7.73. The van der Waals surface area contributed by atoms with Crippen molar-refractivity contribution in [3.05, 3.63) is 41.7 Å². The molecule has 0 saturated carbocycles. The number of amides is 1. The molecular formula is C26H38N4O6Si. The molecule has 0 radical (unpaired) electrons. The molecule has 0 bridgehead atoms. The van der Waals surface area contributed by atoms with E-state index in [0.29, 0.717) is 45.2 Å². The van der Waals surface area contributed by atoms with Crippen LogP contribution in [0, 0.1) is 5.92 Å². The number of esters is 1. The molecule has 11 heteroatoms. The maximum absolute atomic E-state index is 14.1. The highest BCUT2D eigenvalue weighted by Crippen LogP contribution is 2.59. The summed E-state index contributed by atoms with van der Waals surface area (Å²) in [6.45, 7) is 6.87. The van der Waals surface area contributed by atoms with E-state index in [9.17, 15) is 14.4 Å². The number of anilines is 1. The number of methoxy groups -OCH3 is 1. The van der Waals surface area contributed by atoms with Gasteiger partial charge >= 0.3 is 5.97 Å². The van der Waals surface area contributed by atoms with E-state index >= 15 is 0 Å². The van der Waals surface area contributed by atoms with Gasteiger partial charge in [-0.3, -0.25) is 14.3 Å². The predicted molar refractivity (Wildman–Crippen MR) is 139 cm³/mol. The first-order chi connectivity index (χ1) is 17.6. The normalized spacial score (nSPS) is 25.2. The number of aryl methyl sites for hydroxylation is 1. The number of hydrogen-bond acceptors (Lipinski definition) is 8. The van der Waals surface area contributed by atoms with Crippen molar-refractivity contribution >= 4 is 25.9 Å². The van der Waals surface area contributed by atoms with Crippen molar-refractivity contribution in [3.63, 3.8) is 0 Å². The van der Waals surface area contributed by atoms with Crippen molar-refractivity contribution in [1.29, 1.82) is 0 Å². The lowest BCUT2D eigenvalue weighted by Crippen LogP contribution is -2.46. The van der Waals surface area contributed by atoms with E-state index in [1.165, 1.54) is 7.11 Å². The fourth-order valence-electron chi connectivity index (χ4n) is 6.10. The Morgan fingerprint density at radius 2 is 2.00 bits per heavy atom. The van der Waals surface area contributed by atoms with Crippen molar-refractivity contribution in [1.82, 2.24) is 15.0 Å². The Morgan fingerprint density at radius 3 is 2.70 bits per heavy atom. The van der Waals surface area contributed by atoms with Crippen LogP contribution in [-0.4, -0.2) is 71.5 Å². The van der Waals surface area contributed by atoms with Crippen molar-refractivity contribution in [2.75, 3.05) is 25.2 Å². The highest BCUT2D eigenvalue weighted by molar-refractivity contribution is 6.71. The maximum atomic E-state index is 14.1. The second kappa shape index (κ2) is 11.0. The molecule has 37 heavy (non-hydrogen) atoms. The van der Waals surface area contributed by atoms with Gasteiger partial charge in [-0.2, -0.15) is 0 Å². The van der Waals surface area contributed by atoms with Crippen LogP contribution in [0.15, 0.2) is 30.5 Å². The molecule has 3 heterocycles. The van der Waals surface area contributed by atoms with Gasteiger partial charge in [0.15, 0.2) is 13.9 Å². The number of fused-ring (bicyclic) bond motifs is 2. The summed E-state index contributed by atoms with van der Waals surface area (Å²) < 4.78 is 13.2. The summed E-state index contributed by atoms with van der Waals surface area (Å²) in [5, 5.41) is 17.4. The van der Waals surface area contributed by atoms with Gasteiger partial charge in [0.2, 0.25) is 0 Å². The van der Waals surface area contributed by atoms with E-state index in [2.05, 4.69) is 10.3 Å². The molecule has 10 nitrogen and oxygen atoms in total. The summed E-state index contributed by atoms with van der Waals surface area (Å²) >= 11 is 0. The average Bonchev–Trinajstić information content (AvgIpc) is 3.50. The lowest BCUT2D eigenvalue weighted by Gasteiger charge is -2.32. The second-order valence-electron chi connectivity index (χ2n) is 10.6. The SMILES string of the molecule is COC(=O)CCCCN1C(=O)[C@@]2(O[C@@H](CCn3cc(CCO)nn3)[C@H]([Si](C)(C)O)[C@H]2C)c2ccccc21. The Morgan fingerprint density at radius 1 is 1.24 bits per heavy atom. The Bertz CT molecular complexity index is 1120. The molecule has 1 aromatic heterocycles. The second-order valence-corrected chi connectivity index (χ2v) is 14.6. The summed E-state index contributed by atoms with van der Waals surface area (Å²) in [7, 11) is -1.36. The van der Waals surface area contributed by atoms with Gasteiger partial charge in [0, 0.05) is 55.8 Å². The number of aromatic nitrogens is 3. The molecule has 2 N–H and O–H groups in total. The molecule has 0 aliphatic carbocycles. The molecule has 1 spiro atoms. The first kappa shape index (κ1) is 27.4. The fourth-order valence-corrected chi connectivity index (χ4v) is 8.70. The van der Waals surface area contributed by atoms with Crippen LogP contribution in [0.3, 0.4) is 0 Å². The lowest BCUT2D eigenvalue weighted by atomic mass is 9.82. The van der Waals surface area contributed by atoms with Gasteiger partial charge in [-0.05, 0) is 38.4 Å². The van der Waals surface area contributed by atoms with Crippen molar-refractivity contribution in [3.8, 4) is 0 Å². The van der Waals surface area contributed by atoms with Crippen LogP contribution in [0.25, 0.3) is 0 Å². The Hall–Kier alpha value is -2.60. The van der Waals surface area contributed by atoms with E-state index in [-0.39, 0.29) is 36.0 Å². The smallest absolute Gasteiger partial charge is 0.305 e. The number of carbonyl (C=O) groups is 2. The first-order valence-corrected chi connectivity index (χ1v) is 16.0. The molecule has 202 valence electrons. The number of unbranched alkanes of at least 4 members (excludes halogenated alkanes) is 1. The van der Waals surface area contributed by atoms with Gasteiger partial charge in [0.05, 0.1) is 24.6 Å². The minimum absolute atomic E-state index is 0.0115. The lowest BCUT2D eigenvalue weighted by molar-refractivity contribution is -0.146. The van der Waals surface area contributed by atoms with E-state index in [0.717, 1.165) is 16.9 Å². The van der Waals surface area contributed by atoms with Crippen LogP contribution in [0.1, 0.15) is 43.9 Å². The monoisotopic (exact) mass is 530 g/mol. The number of rotatable bonds is 11. The molecule has 2 aliphatic heterocycles. The number of nitrogens with zero attached hydrogens (tertiary/aromatic N) is 4. The van der Waals surface area contributed by atoms with Crippen LogP contribution in [0.4, 0.5) is 5.69 Å². The maximum Gasteiger partial charge on any atom is 0.305 e. The Balaban J connectivity index is 1.58. The van der Waals surface area contributed by atoms with Crippen LogP contribution in [0.2, 0.25) is 18.6 Å². The number of ether oxygens (including phenoxy) is 2. The Labute approximate surface area is 218 Å². The number of benzene rings is 1. The number of aliphatic hydroxyl groups excluding tert-OH is 1. The molecule has 1 amide bonds. The summed E-state index contributed by atoms with van der Waals surface area (Å²) in [4.78, 5) is 38.8. The number of para-hydroxylation sites is 1.